The number of amides is 1. The Kier molecular flexibility index (Phi) is 3.83. The number of hydrogen-bond acceptors (Lipinski definition) is 3. The van der Waals surface area contributed by atoms with Gasteiger partial charge in [-0.3, -0.25) is 9.78 Å². The summed E-state index contributed by atoms with van der Waals surface area (Å²) >= 11 is 0. The van der Waals surface area contributed by atoms with Gasteiger partial charge in [0.2, 0.25) is 0 Å². The molecule has 3 aromatic rings. The van der Waals surface area contributed by atoms with Crippen LogP contribution in [0, 0.1) is 6.92 Å². The molecule has 0 saturated carbocycles. The second-order valence-electron chi connectivity index (χ2n) is 5.34. The quantitative estimate of drug-likeness (QED) is 0.744. The molecule has 0 aliphatic rings. The predicted octanol–water partition coefficient (Wildman–Crippen LogP) is 3.21. The summed E-state index contributed by atoms with van der Waals surface area (Å²) in [6, 6.07) is 14.3. The minimum absolute atomic E-state index is 0.125. The van der Waals surface area contributed by atoms with Gasteiger partial charge in [0, 0.05) is 19.8 Å². The molecule has 4 nitrogen and oxygen atoms in total. The summed E-state index contributed by atoms with van der Waals surface area (Å²) in [5, 5.41) is 2.34. The molecule has 0 atom stereocenters. The molecule has 1 amide bonds. The van der Waals surface area contributed by atoms with Crippen molar-refractivity contribution >= 4 is 16.7 Å². The molecule has 1 aromatic heterocycles. The van der Waals surface area contributed by atoms with Crippen LogP contribution in [-0.4, -0.2) is 27.8 Å². The molecule has 0 N–H and O–H groups in total. The third kappa shape index (κ3) is 2.81. The lowest BCUT2D eigenvalue weighted by molar-refractivity contribution is 0.0779. The van der Waals surface area contributed by atoms with Crippen LogP contribution in [0.3, 0.4) is 0 Å². The third-order valence-corrected chi connectivity index (χ3v) is 3.63. The van der Waals surface area contributed by atoms with Crippen LogP contribution in [0.25, 0.3) is 10.8 Å². The molecular formula is C18H17N3O. The molecule has 0 bridgehead atoms. The van der Waals surface area contributed by atoms with Crippen LogP contribution in [0.1, 0.15) is 21.7 Å². The van der Waals surface area contributed by atoms with E-state index < -0.39 is 0 Å². The second kappa shape index (κ2) is 5.93. The van der Waals surface area contributed by atoms with Crippen LogP contribution in [-0.2, 0) is 6.54 Å². The highest BCUT2D eigenvalue weighted by Gasteiger charge is 2.14. The van der Waals surface area contributed by atoms with E-state index in [-0.39, 0.29) is 5.91 Å². The average Bonchev–Trinajstić information content (AvgIpc) is 2.55. The molecule has 0 aliphatic carbocycles. The topological polar surface area (TPSA) is 46.1 Å². The fourth-order valence-electron chi connectivity index (χ4n) is 2.46. The molecule has 1 heterocycles. The summed E-state index contributed by atoms with van der Waals surface area (Å²) in [7, 11) is 1.78. The summed E-state index contributed by atoms with van der Waals surface area (Å²) in [5.41, 5.74) is 2.29. The van der Waals surface area contributed by atoms with Crippen LogP contribution in [0.5, 0.6) is 0 Å². The molecule has 0 saturated heterocycles. The van der Waals surface area contributed by atoms with Crippen molar-refractivity contribution in [2.24, 2.45) is 0 Å². The Hall–Kier alpha value is -2.75. The number of carbonyl (C=O) groups excluding carboxylic acids is 1. The van der Waals surface area contributed by atoms with Gasteiger partial charge in [-0.15, -0.1) is 0 Å². The number of aromatic nitrogens is 2. The first kappa shape index (κ1) is 14.2. The molecule has 4 heteroatoms. The van der Waals surface area contributed by atoms with Gasteiger partial charge in [0.1, 0.15) is 5.69 Å². The van der Waals surface area contributed by atoms with Crippen LogP contribution >= 0.6 is 0 Å². The lowest BCUT2D eigenvalue weighted by Crippen LogP contribution is -2.27. The molecule has 3 rings (SSSR count). The maximum atomic E-state index is 12.4. The maximum Gasteiger partial charge on any atom is 0.274 e. The summed E-state index contributed by atoms with van der Waals surface area (Å²) in [4.78, 5) is 22.4. The first-order chi connectivity index (χ1) is 10.6. The first-order valence-corrected chi connectivity index (χ1v) is 7.16. The van der Waals surface area contributed by atoms with Crippen LogP contribution in [0.4, 0.5) is 0 Å². The number of nitrogens with zero attached hydrogens (tertiary/aromatic N) is 3. The number of benzene rings is 2. The van der Waals surface area contributed by atoms with Gasteiger partial charge < -0.3 is 4.90 Å². The summed E-state index contributed by atoms with van der Waals surface area (Å²) in [6.07, 6.45) is 3.14. The second-order valence-corrected chi connectivity index (χ2v) is 5.34. The molecular weight excluding hydrogens is 274 g/mol. The Morgan fingerprint density at radius 3 is 2.59 bits per heavy atom. The number of aryl methyl sites for hydroxylation is 1. The number of carbonyl (C=O) groups is 1. The molecule has 110 valence electrons. The lowest BCUT2D eigenvalue weighted by atomic mass is 10.0. The van der Waals surface area contributed by atoms with Crippen LogP contribution in [0.15, 0.2) is 54.9 Å². The van der Waals surface area contributed by atoms with Crippen molar-refractivity contribution in [2.75, 3.05) is 7.05 Å². The number of fused-ring (bicyclic) bond motifs is 1. The van der Waals surface area contributed by atoms with Gasteiger partial charge in [-0.2, -0.15) is 0 Å². The van der Waals surface area contributed by atoms with Crippen molar-refractivity contribution in [1.82, 2.24) is 14.9 Å². The van der Waals surface area contributed by atoms with Gasteiger partial charge in [-0.1, -0.05) is 42.5 Å². The maximum absolute atomic E-state index is 12.4. The fourth-order valence-corrected chi connectivity index (χ4v) is 2.46. The van der Waals surface area contributed by atoms with Crippen LogP contribution in [0.2, 0.25) is 0 Å². The molecule has 0 fully saturated rings. The standard InChI is InChI=1S/C18H17N3O/c1-13-10-20-17(11-19-13)18(22)21(2)12-15-8-5-7-14-6-3-4-9-16(14)15/h3-11H,12H2,1-2H3. The molecule has 0 spiro atoms. The first-order valence-electron chi connectivity index (χ1n) is 7.16. The Labute approximate surface area is 129 Å². The smallest absolute Gasteiger partial charge is 0.274 e. The molecule has 22 heavy (non-hydrogen) atoms. The summed E-state index contributed by atoms with van der Waals surface area (Å²) in [5.74, 6) is -0.125. The lowest BCUT2D eigenvalue weighted by Gasteiger charge is -2.18. The van der Waals surface area contributed by atoms with Gasteiger partial charge in [0.05, 0.1) is 11.9 Å². The largest absolute Gasteiger partial charge is 0.336 e. The minimum Gasteiger partial charge on any atom is -0.336 e. The Bertz CT molecular complexity index is 807. The fraction of sp³-hybridized carbons (Fsp3) is 0.167. The molecule has 0 aliphatic heterocycles. The van der Waals surface area contributed by atoms with E-state index in [9.17, 15) is 4.79 Å². The van der Waals surface area contributed by atoms with E-state index >= 15 is 0 Å². The molecule has 0 unspecified atom stereocenters. The highest BCUT2D eigenvalue weighted by molar-refractivity contribution is 5.92. The van der Waals surface area contributed by atoms with Crippen molar-refractivity contribution in [2.45, 2.75) is 13.5 Å². The van der Waals surface area contributed by atoms with E-state index in [0.717, 1.165) is 11.3 Å². The minimum atomic E-state index is -0.125. The number of rotatable bonds is 3. The Morgan fingerprint density at radius 2 is 1.82 bits per heavy atom. The van der Waals surface area contributed by atoms with E-state index in [1.807, 2.05) is 31.2 Å². The van der Waals surface area contributed by atoms with E-state index in [4.69, 9.17) is 0 Å². The molecule has 2 aromatic carbocycles. The zero-order valence-electron chi connectivity index (χ0n) is 12.7. The Balaban J connectivity index is 1.85. The van der Waals surface area contributed by atoms with Crippen molar-refractivity contribution in [1.29, 1.82) is 0 Å². The van der Waals surface area contributed by atoms with Crippen molar-refractivity contribution < 1.29 is 4.79 Å². The van der Waals surface area contributed by atoms with E-state index in [1.165, 1.54) is 17.0 Å². The van der Waals surface area contributed by atoms with Gasteiger partial charge in [0.25, 0.3) is 5.91 Å². The zero-order chi connectivity index (χ0) is 15.5. The highest BCUT2D eigenvalue weighted by atomic mass is 16.2. The van der Waals surface area contributed by atoms with E-state index in [2.05, 4.69) is 28.2 Å². The predicted molar refractivity (Wildman–Crippen MR) is 86.5 cm³/mol. The third-order valence-electron chi connectivity index (χ3n) is 3.63. The SMILES string of the molecule is Cc1cnc(C(=O)N(C)Cc2cccc3ccccc23)cn1. The highest BCUT2D eigenvalue weighted by Crippen LogP contribution is 2.20. The summed E-state index contributed by atoms with van der Waals surface area (Å²) in [6.45, 7) is 2.39. The van der Waals surface area contributed by atoms with Crippen molar-refractivity contribution in [3.8, 4) is 0 Å². The van der Waals surface area contributed by atoms with E-state index in [0.29, 0.717) is 12.2 Å². The Morgan fingerprint density at radius 1 is 1.05 bits per heavy atom. The zero-order valence-corrected chi connectivity index (χ0v) is 12.7. The van der Waals surface area contributed by atoms with E-state index in [1.54, 1.807) is 18.1 Å². The average molecular weight is 291 g/mol. The normalized spacial score (nSPS) is 10.6. The number of hydrogen-bond donors (Lipinski definition) is 0. The summed E-state index contributed by atoms with van der Waals surface area (Å²) < 4.78 is 0. The van der Waals surface area contributed by atoms with Gasteiger partial charge in [-0.05, 0) is 23.3 Å². The monoisotopic (exact) mass is 291 g/mol. The molecule has 0 radical (unpaired) electrons. The van der Waals surface area contributed by atoms with Gasteiger partial charge in [-0.25, -0.2) is 4.98 Å². The van der Waals surface area contributed by atoms with Gasteiger partial charge >= 0.3 is 0 Å². The van der Waals surface area contributed by atoms with Gasteiger partial charge in [0.15, 0.2) is 0 Å². The van der Waals surface area contributed by atoms with Crippen molar-refractivity contribution in [3.63, 3.8) is 0 Å². The van der Waals surface area contributed by atoms with Crippen molar-refractivity contribution in [3.05, 3.63) is 71.8 Å². The van der Waals surface area contributed by atoms with Crippen LogP contribution < -0.4 is 0 Å².